The molecule has 0 aromatic rings. The van der Waals surface area contributed by atoms with Gasteiger partial charge in [-0.05, 0) is 48.5 Å². The van der Waals surface area contributed by atoms with Crippen LogP contribution < -0.4 is 0 Å². The third kappa shape index (κ3) is 3.70. The number of alkyl halides is 1. The molecular weight excluding hydrogens is 236 g/mol. The van der Waals surface area contributed by atoms with Gasteiger partial charge < -0.3 is 4.74 Å². The van der Waals surface area contributed by atoms with Gasteiger partial charge in [-0.1, -0.05) is 0 Å². The number of nitrogens with zero attached hydrogens (tertiary/aromatic N) is 2. The average Bonchev–Trinajstić information content (AvgIpc) is 2.10. The number of hydrogen-bond donors (Lipinski definition) is 0. The molecule has 1 heterocycles. The van der Waals surface area contributed by atoms with Crippen LogP contribution in [0.4, 0.5) is 0 Å². The van der Waals surface area contributed by atoms with Crippen LogP contribution in [0.5, 0.6) is 0 Å². The zero-order valence-corrected chi connectivity index (χ0v) is 12.6. The standard InChI is InChI=1S/C13H23ClN2O/c1-11(2,3)15-9-10(16-12(4,5)6)17-13(9,7)8-14/h8H2,1-7H3. The van der Waals surface area contributed by atoms with E-state index in [0.29, 0.717) is 11.8 Å². The monoisotopic (exact) mass is 258 g/mol. The minimum absolute atomic E-state index is 0.148. The highest BCUT2D eigenvalue weighted by molar-refractivity contribution is 6.49. The summed E-state index contributed by atoms with van der Waals surface area (Å²) in [5.41, 5.74) is 0.0842. The van der Waals surface area contributed by atoms with Crippen LogP contribution in [0.15, 0.2) is 9.98 Å². The Morgan fingerprint density at radius 2 is 1.53 bits per heavy atom. The number of rotatable bonds is 1. The molecule has 1 atom stereocenters. The average molecular weight is 259 g/mol. The number of ether oxygens (including phenoxy) is 1. The van der Waals surface area contributed by atoms with Gasteiger partial charge in [-0.3, -0.25) is 4.99 Å². The van der Waals surface area contributed by atoms with Gasteiger partial charge in [-0.25, -0.2) is 4.99 Å². The van der Waals surface area contributed by atoms with Crippen LogP contribution >= 0.6 is 11.6 Å². The van der Waals surface area contributed by atoms with Crippen LogP contribution in [0.25, 0.3) is 0 Å². The van der Waals surface area contributed by atoms with Crippen molar-refractivity contribution >= 4 is 23.2 Å². The summed E-state index contributed by atoms with van der Waals surface area (Å²) in [7, 11) is 0. The Labute approximate surface area is 109 Å². The van der Waals surface area contributed by atoms with Crippen LogP contribution in [0, 0.1) is 0 Å². The van der Waals surface area contributed by atoms with Gasteiger partial charge in [0, 0.05) is 0 Å². The number of halogens is 1. The van der Waals surface area contributed by atoms with Crippen molar-refractivity contribution < 1.29 is 4.74 Å². The molecule has 0 aromatic heterocycles. The second-order valence-corrected chi connectivity index (χ2v) is 6.95. The summed E-state index contributed by atoms with van der Waals surface area (Å²) < 4.78 is 5.70. The molecule has 0 N–H and O–H groups in total. The van der Waals surface area contributed by atoms with Crippen LogP contribution in [0.1, 0.15) is 48.5 Å². The summed E-state index contributed by atoms with van der Waals surface area (Å²) in [5, 5.41) is 0. The van der Waals surface area contributed by atoms with Gasteiger partial charge >= 0.3 is 0 Å². The third-order valence-corrected chi connectivity index (χ3v) is 2.67. The Morgan fingerprint density at radius 3 is 1.88 bits per heavy atom. The number of hydrogen-bond acceptors (Lipinski definition) is 3. The first-order chi connectivity index (χ1) is 7.47. The molecule has 3 nitrogen and oxygen atoms in total. The van der Waals surface area contributed by atoms with Gasteiger partial charge in [-0.2, -0.15) is 0 Å². The SMILES string of the molecule is CC(C)(C)N=C1OC(C)(CCl)C1=NC(C)(C)C. The van der Waals surface area contributed by atoms with Crippen LogP contribution in [-0.4, -0.2) is 34.2 Å². The van der Waals surface area contributed by atoms with E-state index in [2.05, 4.69) is 30.8 Å². The van der Waals surface area contributed by atoms with Crippen molar-refractivity contribution in [2.24, 2.45) is 9.98 Å². The summed E-state index contributed by atoms with van der Waals surface area (Å²) in [6.45, 7) is 14.2. The molecule has 0 amide bonds. The van der Waals surface area contributed by atoms with E-state index in [4.69, 9.17) is 16.3 Å². The molecule has 1 unspecified atom stereocenters. The molecule has 1 rings (SSSR count). The topological polar surface area (TPSA) is 34.0 Å². The number of aliphatic imine (C=N–C) groups is 2. The molecule has 1 fully saturated rings. The highest BCUT2D eigenvalue weighted by Crippen LogP contribution is 2.30. The molecule has 0 spiro atoms. The van der Waals surface area contributed by atoms with Crippen LogP contribution in [0.3, 0.4) is 0 Å². The quantitative estimate of drug-likeness (QED) is 0.664. The van der Waals surface area contributed by atoms with E-state index in [0.717, 1.165) is 5.71 Å². The van der Waals surface area contributed by atoms with Crippen molar-refractivity contribution in [2.45, 2.75) is 65.1 Å². The molecule has 0 radical (unpaired) electrons. The molecule has 17 heavy (non-hydrogen) atoms. The van der Waals surface area contributed by atoms with E-state index in [9.17, 15) is 0 Å². The van der Waals surface area contributed by atoms with Gasteiger partial charge in [0.2, 0.25) is 5.90 Å². The van der Waals surface area contributed by atoms with E-state index in [1.807, 2.05) is 27.7 Å². The van der Waals surface area contributed by atoms with Crippen molar-refractivity contribution in [2.75, 3.05) is 5.88 Å². The van der Waals surface area contributed by atoms with E-state index in [1.165, 1.54) is 0 Å². The molecule has 4 heteroatoms. The summed E-state index contributed by atoms with van der Waals surface area (Å²) in [5.74, 6) is 1.03. The fraction of sp³-hybridized carbons (Fsp3) is 0.846. The van der Waals surface area contributed by atoms with E-state index in [-0.39, 0.29) is 11.1 Å². The predicted octanol–water partition coefficient (Wildman–Crippen LogP) is 3.45. The minimum Gasteiger partial charge on any atom is -0.462 e. The molecule has 98 valence electrons. The van der Waals surface area contributed by atoms with Gasteiger partial charge in [0.15, 0.2) is 5.60 Å². The second kappa shape index (κ2) is 4.27. The first kappa shape index (κ1) is 14.5. The highest BCUT2D eigenvalue weighted by atomic mass is 35.5. The van der Waals surface area contributed by atoms with Gasteiger partial charge in [-0.15, -0.1) is 11.6 Å². The van der Waals surface area contributed by atoms with Crippen molar-refractivity contribution in [3.63, 3.8) is 0 Å². The van der Waals surface area contributed by atoms with Crippen molar-refractivity contribution in [1.82, 2.24) is 0 Å². The minimum atomic E-state index is -0.487. The van der Waals surface area contributed by atoms with Crippen molar-refractivity contribution in [1.29, 1.82) is 0 Å². The van der Waals surface area contributed by atoms with Gasteiger partial charge in [0.1, 0.15) is 5.71 Å². The van der Waals surface area contributed by atoms with Crippen molar-refractivity contribution in [3.8, 4) is 0 Å². The Bertz CT molecular complexity index is 361. The Kier molecular flexibility index (Phi) is 3.64. The van der Waals surface area contributed by atoms with E-state index < -0.39 is 5.60 Å². The maximum absolute atomic E-state index is 5.94. The first-order valence-electron chi connectivity index (χ1n) is 5.92. The Morgan fingerprint density at radius 1 is 1.06 bits per heavy atom. The third-order valence-electron chi connectivity index (χ3n) is 2.16. The van der Waals surface area contributed by atoms with Crippen LogP contribution in [-0.2, 0) is 4.74 Å². The molecule has 0 aromatic carbocycles. The first-order valence-corrected chi connectivity index (χ1v) is 6.46. The van der Waals surface area contributed by atoms with Gasteiger partial charge in [0.05, 0.1) is 17.0 Å². The normalized spacial score (nSPS) is 30.4. The smallest absolute Gasteiger partial charge is 0.236 e. The lowest BCUT2D eigenvalue weighted by atomic mass is 9.93. The molecule has 0 aliphatic carbocycles. The molecule has 0 saturated carbocycles. The molecule has 1 saturated heterocycles. The molecule has 1 aliphatic rings. The maximum atomic E-state index is 5.94. The highest BCUT2D eigenvalue weighted by Gasteiger charge is 2.48. The predicted molar refractivity (Wildman–Crippen MR) is 74.6 cm³/mol. The maximum Gasteiger partial charge on any atom is 0.236 e. The molecule has 0 bridgehead atoms. The van der Waals surface area contributed by atoms with E-state index >= 15 is 0 Å². The lowest BCUT2D eigenvalue weighted by Crippen LogP contribution is -2.59. The lowest BCUT2D eigenvalue weighted by Gasteiger charge is -2.42. The second-order valence-electron chi connectivity index (χ2n) is 6.69. The lowest BCUT2D eigenvalue weighted by molar-refractivity contribution is 0.136. The van der Waals surface area contributed by atoms with Gasteiger partial charge in [0.25, 0.3) is 0 Å². The van der Waals surface area contributed by atoms with Crippen LogP contribution in [0.2, 0.25) is 0 Å². The fourth-order valence-electron chi connectivity index (χ4n) is 1.46. The van der Waals surface area contributed by atoms with Crippen molar-refractivity contribution in [3.05, 3.63) is 0 Å². The largest absolute Gasteiger partial charge is 0.462 e. The fourth-order valence-corrected chi connectivity index (χ4v) is 1.64. The molecule has 1 aliphatic heterocycles. The Hall–Kier alpha value is -0.570. The Balaban J connectivity index is 3.08. The summed E-state index contributed by atoms with van der Waals surface area (Å²) in [6.07, 6.45) is 0. The summed E-state index contributed by atoms with van der Waals surface area (Å²) in [6, 6.07) is 0. The molecular formula is C13H23ClN2O. The zero-order chi connectivity index (χ0) is 13.5. The summed E-state index contributed by atoms with van der Waals surface area (Å²) >= 11 is 5.94. The van der Waals surface area contributed by atoms with E-state index in [1.54, 1.807) is 0 Å². The zero-order valence-electron chi connectivity index (χ0n) is 11.9. The summed E-state index contributed by atoms with van der Waals surface area (Å²) in [4.78, 5) is 9.21.